The molecule has 3 saturated carbocycles. The van der Waals surface area contributed by atoms with Gasteiger partial charge in [-0.3, -0.25) is 4.79 Å². The van der Waals surface area contributed by atoms with Crippen LogP contribution in [0.5, 0.6) is 0 Å². The van der Waals surface area contributed by atoms with E-state index in [1.54, 1.807) is 18.3 Å². The maximum atomic E-state index is 14.8. The number of nitrogens with one attached hydrogen (secondary N) is 2. The second-order valence-corrected chi connectivity index (χ2v) is 10.5. The number of carbonyl (C=O) groups is 1. The SMILES string of the molecule is O=C(O)C1CC2CCC1(Nc1cc(-c3ccc(F)s3)nc(-c3c[nH]c4ncc(Cl)nc34)n1)CC2F. The maximum absolute atomic E-state index is 14.8. The van der Waals surface area contributed by atoms with E-state index in [1.807, 2.05) is 0 Å². The molecule has 2 bridgehead atoms. The van der Waals surface area contributed by atoms with Crippen LogP contribution in [-0.4, -0.2) is 47.7 Å². The van der Waals surface area contributed by atoms with Crippen molar-refractivity contribution < 1.29 is 18.7 Å². The summed E-state index contributed by atoms with van der Waals surface area (Å²) in [5.74, 6) is -1.33. The number of hydrogen-bond donors (Lipinski definition) is 3. The highest BCUT2D eigenvalue weighted by Gasteiger charge is 2.55. The Morgan fingerprint density at radius 2 is 2.17 bits per heavy atom. The van der Waals surface area contributed by atoms with Crippen LogP contribution in [0.3, 0.4) is 0 Å². The Morgan fingerprint density at radius 1 is 1.31 bits per heavy atom. The number of hydrogen-bond acceptors (Lipinski definition) is 7. The number of nitrogens with zero attached hydrogens (tertiary/aromatic N) is 4. The quantitative estimate of drug-likeness (QED) is 0.328. The molecule has 3 N–H and O–H groups in total. The number of aliphatic carboxylic acids is 1. The first kappa shape index (κ1) is 22.3. The Hall–Kier alpha value is -3.18. The molecule has 7 rings (SSSR count). The Kier molecular flexibility index (Phi) is 5.22. The molecule has 4 unspecified atom stereocenters. The molecule has 4 aromatic heterocycles. The second-order valence-electron chi connectivity index (χ2n) is 9.08. The van der Waals surface area contributed by atoms with Gasteiger partial charge in [0, 0.05) is 18.7 Å². The molecule has 0 spiro atoms. The molecule has 3 fully saturated rings. The predicted octanol–water partition coefficient (Wildman–Crippen LogP) is 5.33. The molecule has 0 radical (unpaired) electrons. The number of H-pyrrole nitrogens is 1. The lowest BCUT2D eigenvalue weighted by Crippen LogP contribution is -2.59. The van der Waals surface area contributed by atoms with Gasteiger partial charge in [0.25, 0.3) is 0 Å². The average Bonchev–Trinajstić information content (AvgIpc) is 3.44. The summed E-state index contributed by atoms with van der Waals surface area (Å²) in [5, 5.41) is 13.0. The predicted molar refractivity (Wildman–Crippen MR) is 128 cm³/mol. The van der Waals surface area contributed by atoms with Crippen molar-refractivity contribution in [1.82, 2.24) is 24.9 Å². The largest absolute Gasteiger partial charge is 0.481 e. The van der Waals surface area contributed by atoms with E-state index in [9.17, 15) is 18.7 Å². The molecule has 180 valence electrons. The molecule has 0 amide bonds. The Labute approximate surface area is 206 Å². The van der Waals surface area contributed by atoms with E-state index < -0.39 is 23.6 Å². The van der Waals surface area contributed by atoms with Crippen molar-refractivity contribution in [2.45, 2.75) is 37.4 Å². The minimum Gasteiger partial charge on any atom is -0.481 e. The van der Waals surface area contributed by atoms with Gasteiger partial charge in [0.05, 0.1) is 33.8 Å². The number of carboxylic acids is 1. The highest BCUT2D eigenvalue weighted by molar-refractivity contribution is 7.13. The molecular weight excluding hydrogens is 498 g/mol. The average molecular weight is 517 g/mol. The lowest BCUT2D eigenvalue weighted by atomic mass is 9.59. The fraction of sp³-hybridized carbons (Fsp3) is 0.348. The van der Waals surface area contributed by atoms with Gasteiger partial charge < -0.3 is 15.4 Å². The van der Waals surface area contributed by atoms with E-state index in [2.05, 4.69) is 30.2 Å². The molecule has 0 aromatic carbocycles. The third-order valence-corrected chi connectivity index (χ3v) is 8.14. The number of fused-ring (bicyclic) bond motifs is 4. The summed E-state index contributed by atoms with van der Waals surface area (Å²) in [5.41, 5.74) is 0.944. The summed E-state index contributed by atoms with van der Waals surface area (Å²) in [6.07, 6.45) is 3.49. The van der Waals surface area contributed by atoms with Crippen molar-refractivity contribution in [1.29, 1.82) is 0 Å². The number of alkyl halides is 1. The van der Waals surface area contributed by atoms with Gasteiger partial charge in [-0.1, -0.05) is 11.6 Å². The van der Waals surface area contributed by atoms with Crippen molar-refractivity contribution >= 4 is 45.9 Å². The summed E-state index contributed by atoms with van der Waals surface area (Å²) in [6, 6.07) is 4.61. The van der Waals surface area contributed by atoms with E-state index in [0.29, 0.717) is 46.0 Å². The smallest absolute Gasteiger partial charge is 0.308 e. The zero-order valence-corrected chi connectivity index (χ0v) is 19.7. The van der Waals surface area contributed by atoms with Crippen LogP contribution in [0.15, 0.2) is 30.6 Å². The first-order chi connectivity index (χ1) is 16.8. The second kappa shape index (κ2) is 8.20. The molecular formula is C23H19ClF2N6O2S. The third kappa shape index (κ3) is 3.82. The normalized spacial score (nSPS) is 25.7. The van der Waals surface area contributed by atoms with Crippen molar-refractivity contribution in [2.75, 3.05) is 5.32 Å². The summed E-state index contributed by atoms with van der Waals surface area (Å²) in [4.78, 5) is 33.5. The van der Waals surface area contributed by atoms with Crippen molar-refractivity contribution in [3.8, 4) is 22.0 Å². The fourth-order valence-electron chi connectivity index (χ4n) is 5.39. The van der Waals surface area contributed by atoms with Gasteiger partial charge in [0.2, 0.25) is 0 Å². The van der Waals surface area contributed by atoms with Gasteiger partial charge in [0.15, 0.2) is 16.6 Å². The van der Waals surface area contributed by atoms with Crippen LogP contribution in [0.1, 0.15) is 25.7 Å². The first-order valence-corrected chi connectivity index (χ1v) is 12.3. The lowest BCUT2D eigenvalue weighted by molar-refractivity contribution is -0.149. The zero-order valence-electron chi connectivity index (χ0n) is 18.1. The van der Waals surface area contributed by atoms with Gasteiger partial charge >= 0.3 is 5.97 Å². The lowest BCUT2D eigenvalue weighted by Gasteiger charge is -2.52. The summed E-state index contributed by atoms with van der Waals surface area (Å²) >= 11 is 6.98. The molecule has 8 nitrogen and oxygen atoms in total. The zero-order chi connectivity index (χ0) is 24.3. The fourth-order valence-corrected chi connectivity index (χ4v) is 6.22. The maximum Gasteiger partial charge on any atom is 0.308 e. The number of halogens is 3. The van der Waals surface area contributed by atoms with E-state index in [-0.39, 0.29) is 34.9 Å². The standard InChI is InChI=1S/C23H19ClF2N6O2S/c24-16-9-28-21-19(30-16)11(8-27-21)20-29-14(15-1-2-17(26)35-15)6-18(31-20)32-23-4-3-10(13(25)7-23)5-12(23)22(33)34/h1-2,6,8-10,12-13H,3-5,7H2,(H,27,28)(H,33,34)(H,29,31,32). The molecule has 4 atom stereocenters. The Morgan fingerprint density at radius 3 is 2.91 bits per heavy atom. The topological polar surface area (TPSA) is 117 Å². The molecule has 35 heavy (non-hydrogen) atoms. The molecule has 0 aliphatic heterocycles. The van der Waals surface area contributed by atoms with E-state index in [0.717, 1.165) is 11.3 Å². The van der Waals surface area contributed by atoms with E-state index in [1.165, 1.54) is 12.3 Å². The van der Waals surface area contributed by atoms with Crippen molar-refractivity contribution in [3.05, 3.63) is 40.9 Å². The number of aromatic nitrogens is 5. The van der Waals surface area contributed by atoms with Gasteiger partial charge in [-0.25, -0.2) is 24.3 Å². The van der Waals surface area contributed by atoms with Crippen molar-refractivity contribution in [2.24, 2.45) is 11.8 Å². The van der Waals surface area contributed by atoms with Gasteiger partial charge in [0.1, 0.15) is 22.7 Å². The molecule has 4 aromatic rings. The summed E-state index contributed by atoms with van der Waals surface area (Å²) in [6.45, 7) is 0. The van der Waals surface area contributed by atoms with Crippen LogP contribution < -0.4 is 5.32 Å². The first-order valence-electron chi connectivity index (χ1n) is 11.1. The summed E-state index contributed by atoms with van der Waals surface area (Å²) in [7, 11) is 0. The van der Waals surface area contributed by atoms with Crippen LogP contribution in [0.25, 0.3) is 33.1 Å². The van der Waals surface area contributed by atoms with Gasteiger partial charge in [-0.2, -0.15) is 4.39 Å². The van der Waals surface area contributed by atoms with E-state index >= 15 is 0 Å². The molecule has 12 heteroatoms. The Bertz CT molecular complexity index is 1460. The van der Waals surface area contributed by atoms with Gasteiger partial charge in [-0.15, -0.1) is 11.3 Å². The minimum absolute atomic E-state index is 0.0884. The number of thiophene rings is 1. The van der Waals surface area contributed by atoms with Crippen LogP contribution in [0, 0.1) is 17.0 Å². The van der Waals surface area contributed by atoms with E-state index in [4.69, 9.17) is 11.6 Å². The third-order valence-electron chi connectivity index (χ3n) is 7.06. The number of anilines is 1. The van der Waals surface area contributed by atoms with Crippen molar-refractivity contribution in [3.63, 3.8) is 0 Å². The monoisotopic (exact) mass is 516 g/mol. The van der Waals surface area contributed by atoms with Crippen LogP contribution in [0.2, 0.25) is 5.15 Å². The number of rotatable bonds is 5. The molecule has 4 heterocycles. The highest BCUT2D eigenvalue weighted by Crippen LogP contribution is 2.51. The highest BCUT2D eigenvalue weighted by atomic mass is 35.5. The number of carboxylic acid groups (broad SMARTS) is 1. The van der Waals surface area contributed by atoms with Crippen LogP contribution >= 0.6 is 22.9 Å². The van der Waals surface area contributed by atoms with Crippen LogP contribution in [0.4, 0.5) is 14.6 Å². The molecule has 3 aliphatic carbocycles. The van der Waals surface area contributed by atoms with Crippen LogP contribution in [-0.2, 0) is 4.79 Å². The molecule has 0 saturated heterocycles. The minimum atomic E-state index is -1.08. The molecule has 3 aliphatic rings. The van der Waals surface area contributed by atoms with Gasteiger partial charge in [-0.05, 0) is 37.3 Å². The number of aromatic amines is 1. The Balaban J connectivity index is 1.48. The summed E-state index contributed by atoms with van der Waals surface area (Å²) < 4.78 is 28.6.